The van der Waals surface area contributed by atoms with E-state index in [1.165, 1.54) is 6.42 Å². The fourth-order valence-corrected chi connectivity index (χ4v) is 3.76. The third kappa shape index (κ3) is 5.84. The number of nitrogens with one attached hydrogen (secondary N) is 1. The molecule has 1 aliphatic rings. The SMILES string of the molecule is CCCN(CC)CCNC1CCS(=O)(=O)CC1. The summed E-state index contributed by atoms with van der Waals surface area (Å²) in [6.07, 6.45) is 2.75. The van der Waals surface area contributed by atoms with Crippen LogP contribution in [-0.2, 0) is 9.84 Å². The van der Waals surface area contributed by atoms with Gasteiger partial charge in [0.05, 0.1) is 11.5 Å². The van der Waals surface area contributed by atoms with E-state index >= 15 is 0 Å². The van der Waals surface area contributed by atoms with Gasteiger partial charge in [0, 0.05) is 19.1 Å². The Labute approximate surface area is 106 Å². The molecule has 1 fully saturated rings. The lowest BCUT2D eigenvalue weighted by Gasteiger charge is -2.25. The molecule has 17 heavy (non-hydrogen) atoms. The summed E-state index contributed by atoms with van der Waals surface area (Å²) in [5.41, 5.74) is 0. The van der Waals surface area contributed by atoms with Gasteiger partial charge in [0.25, 0.3) is 0 Å². The summed E-state index contributed by atoms with van der Waals surface area (Å²) >= 11 is 0. The van der Waals surface area contributed by atoms with Crippen LogP contribution in [0.1, 0.15) is 33.1 Å². The summed E-state index contributed by atoms with van der Waals surface area (Å²) in [6.45, 7) is 8.66. The molecule has 0 amide bonds. The molecule has 1 aliphatic heterocycles. The molecule has 0 bridgehead atoms. The van der Waals surface area contributed by atoms with Gasteiger partial charge < -0.3 is 10.2 Å². The van der Waals surface area contributed by atoms with Crippen molar-refractivity contribution in [2.45, 2.75) is 39.2 Å². The lowest BCUT2D eigenvalue weighted by molar-refractivity contribution is 0.280. The minimum atomic E-state index is -2.72. The zero-order valence-corrected chi connectivity index (χ0v) is 11.9. The van der Waals surface area contributed by atoms with Crippen LogP contribution < -0.4 is 5.32 Å². The van der Waals surface area contributed by atoms with Gasteiger partial charge in [-0.25, -0.2) is 8.42 Å². The van der Waals surface area contributed by atoms with Gasteiger partial charge in [0.1, 0.15) is 9.84 Å². The normalized spacial score (nSPS) is 20.9. The molecule has 102 valence electrons. The van der Waals surface area contributed by atoms with Crippen LogP contribution in [0.3, 0.4) is 0 Å². The maximum atomic E-state index is 11.3. The van der Waals surface area contributed by atoms with Crippen molar-refractivity contribution in [1.29, 1.82) is 0 Å². The van der Waals surface area contributed by atoms with E-state index in [4.69, 9.17) is 0 Å². The van der Waals surface area contributed by atoms with Crippen molar-refractivity contribution in [3.05, 3.63) is 0 Å². The van der Waals surface area contributed by atoms with E-state index in [2.05, 4.69) is 24.1 Å². The van der Waals surface area contributed by atoms with Gasteiger partial charge in [0.15, 0.2) is 0 Å². The Hall–Kier alpha value is -0.130. The van der Waals surface area contributed by atoms with Crippen LogP contribution in [0.5, 0.6) is 0 Å². The highest BCUT2D eigenvalue weighted by Crippen LogP contribution is 2.11. The fraction of sp³-hybridized carbons (Fsp3) is 1.00. The van der Waals surface area contributed by atoms with Crippen LogP contribution in [0.25, 0.3) is 0 Å². The number of hydrogen-bond acceptors (Lipinski definition) is 4. The van der Waals surface area contributed by atoms with Gasteiger partial charge >= 0.3 is 0 Å². The van der Waals surface area contributed by atoms with E-state index in [1.54, 1.807) is 0 Å². The van der Waals surface area contributed by atoms with Crippen LogP contribution in [0.2, 0.25) is 0 Å². The number of sulfone groups is 1. The van der Waals surface area contributed by atoms with Gasteiger partial charge in [-0.2, -0.15) is 0 Å². The Kier molecular flexibility index (Phi) is 6.44. The summed E-state index contributed by atoms with van der Waals surface area (Å²) in [7, 11) is -2.72. The molecule has 0 aromatic heterocycles. The predicted molar refractivity (Wildman–Crippen MR) is 72.1 cm³/mol. The van der Waals surface area contributed by atoms with Crippen molar-refractivity contribution in [2.75, 3.05) is 37.7 Å². The maximum Gasteiger partial charge on any atom is 0.150 e. The molecule has 0 aromatic rings. The highest BCUT2D eigenvalue weighted by atomic mass is 32.2. The van der Waals surface area contributed by atoms with Gasteiger partial charge in [-0.05, 0) is 32.4 Å². The third-order valence-electron chi connectivity index (χ3n) is 3.40. The van der Waals surface area contributed by atoms with Gasteiger partial charge in [-0.3, -0.25) is 0 Å². The van der Waals surface area contributed by atoms with E-state index in [0.29, 0.717) is 17.5 Å². The average Bonchev–Trinajstić information content (AvgIpc) is 2.30. The highest BCUT2D eigenvalue weighted by molar-refractivity contribution is 7.91. The molecule has 0 spiro atoms. The number of likely N-dealkylation sites (N-methyl/N-ethyl adjacent to an activating group) is 1. The third-order valence-corrected chi connectivity index (χ3v) is 5.12. The van der Waals surface area contributed by atoms with Crippen molar-refractivity contribution in [2.24, 2.45) is 0 Å². The topological polar surface area (TPSA) is 49.4 Å². The van der Waals surface area contributed by atoms with Gasteiger partial charge in [0.2, 0.25) is 0 Å². The van der Waals surface area contributed by atoms with Crippen LogP contribution in [0.15, 0.2) is 0 Å². The summed E-state index contributed by atoms with van der Waals surface area (Å²) in [4.78, 5) is 2.42. The molecular weight excluding hydrogens is 236 g/mol. The molecule has 0 atom stereocenters. The predicted octanol–water partition coefficient (Wildman–Crippen LogP) is 0.885. The Morgan fingerprint density at radius 1 is 1.18 bits per heavy atom. The molecule has 0 radical (unpaired) electrons. The van der Waals surface area contributed by atoms with Crippen LogP contribution in [0.4, 0.5) is 0 Å². The summed E-state index contributed by atoms with van der Waals surface area (Å²) in [6, 6.07) is 0.402. The van der Waals surface area contributed by atoms with E-state index in [1.807, 2.05) is 0 Å². The smallest absolute Gasteiger partial charge is 0.150 e. The molecule has 5 heteroatoms. The molecule has 4 nitrogen and oxygen atoms in total. The fourth-order valence-electron chi connectivity index (χ4n) is 2.27. The minimum Gasteiger partial charge on any atom is -0.313 e. The molecule has 1 rings (SSSR count). The van der Waals surface area contributed by atoms with Crippen molar-refractivity contribution in [1.82, 2.24) is 10.2 Å². The molecule has 1 heterocycles. The lowest BCUT2D eigenvalue weighted by atomic mass is 10.1. The lowest BCUT2D eigenvalue weighted by Crippen LogP contribution is -2.41. The summed E-state index contributed by atoms with van der Waals surface area (Å²) < 4.78 is 22.5. The Morgan fingerprint density at radius 3 is 2.35 bits per heavy atom. The van der Waals surface area contributed by atoms with Crippen molar-refractivity contribution in [3.63, 3.8) is 0 Å². The first-order valence-corrected chi connectivity index (χ1v) is 8.55. The van der Waals surface area contributed by atoms with Crippen molar-refractivity contribution < 1.29 is 8.42 Å². The molecule has 1 N–H and O–H groups in total. The largest absolute Gasteiger partial charge is 0.313 e. The average molecular weight is 262 g/mol. The molecular formula is C12H26N2O2S. The molecule has 0 saturated carbocycles. The first-order chi connectivity index (χ1) is 8.07. The Bertz CT molecular complexity index is 290. The molecule has 1 saturated heterocycles. The number of nitrogens with zero attached hydrogens (tertiary/aromatic N) is 1. The zero-order valence-electron chi connectivity index (χ0n) is 11.1. The Balaban J connectivity index is 2.15. The van der Waals surface area contributed by atoms with E-state index < -0.39 is 9.84 Å². The van der Waals surface area contributed by atoms with Crippen molar-refractivity contribution in [3.8, 4) is 0 Å². The summed E-state index contributed by atoms with van der Waals surface area (Å²) in [5, 5.41) is 3.48. The van der Waals surface area contributed by atoms with Crippen LogP contribution in [-0.4, -0.2) is 57.0 Å². The monoisotopic (exact) mass is 262 g/mol. The minimum absolute atomic E-state index is 0.358. The van der Waals surface area contributed by atoms with Gasteiger partial charge in [-0.1, -0.05) is 13.8 Å². The van der Waals surface area contributed by atoms with Crippen LogP contribution in [0, 0.1) is 0 Å². The zero-order chi connectivity index (χ0) is 12.7. The molecule has 0 aromatic carbocycles. The van der Waals surface area contributed by atoms with E-state index in [-0.39, 0.29) is 0 Å². The second-order valence-corrected chi connectivity index (χ2v) is 7.12. The maximum absolute atomic E-state index is 11.3. The first-order valence-electron chi connectivity index (χ1n) is 6.73. The molecule has 0 unspecified atom stereocenters. The summed E-state index contributed by atoms with van der Waals surface area (Å²) in [5.74, 6) is 0.717. The first kappa shape index (κ1) is 14.9. The Morgan fingerprint density at radius 2 is 1.82 bits per heavy atom. The number of hydrogen-bond donors (Lipinski definition) is 1. The second-order valence-electron chi connectivity index (χ2n) is 4.81. The highest BCUT2D eigenvalue weighted by Gasteiger charge is 2.22. The quantitative estimate of drug-likeness (QED) is 0.740. The second kappa shape index (κ2) is 7.34. The van der Waals surface area contributed by atoms with E-state index in [0.717, 1.165) is 39.0 Å². The van der Waals surface area contributed by atoms with Gasteiger partial charge in [-0.15, -0.1) is 0 Å². The van der Waals surface area contributed by atoms with E-state index in [9.17, 15) is 8.42 Å². The molecule has 0 aliphatic carbocycles. The van der Waals surface area contributed by atoms with Crippen molar-refractivity contribution >= 4 is 9.84 Å². The standard InChI is InChI=1S/C12H26N2O2S/c1-3-8-14(4-2)9-7-13-12-5-10-17(15,16)11-6-12/h12-13H,3-11H2,1-2H3. The van der Waals surface area contributed by atoms with Crippen LogP contribution >= 0.6 is 0 Å². The number of rotatable bonds is 7.